The van der Waals surface area contributed by atoms with Gasteiger partial charge in [0.05, 0.1) is 26.0 Å². The third kappa shape index (κ3) is 4.57. The number of H-pyrrole nitrogens is 1. The molecule has 1 fully saturated rings. The van der Waals surface area contributed by atoms with E-state index >= 15 is 0 Å². The minimum atomic E-state index is -3.39. The van der Waals surface area contributed by atoms with Gasteiger partial charge in [-0.25, -0.2) is 9.48 Å². The second kappa shape index (κ2) is 8.72. The number of nitrogens with zero attached hydrogens (tertiary/aromatic N) is 5. The first-order valence-corrected chi connectivity index (χ1v) is 10.9. The Balaban J connectivity index is 1.76. The van der Waals surface area contributed by atoms with Gasteiger partial charge in [0, 0.05) is 25.2 Å². The zero-order valence-corrected chi connectivity index (χ0v) is 17.7. The second-order valence-corrected chi connectivity index (χ2v) is 8.78. The predicted molar refractivity (Wildman–Crippen MR) is 102 cm³/mol. The van der Waals surface area contributed by atoms with Crippen molar-refractivity contribution in [2.45, 2.75) is 45.7 Å². The van der Waals surface area contributed by atoms with Crippen molar-refractivity contribution < 1.29 is 18.5 Å². The molecule has 0 radical (unpaired) electrons. The van der Waals surface area contributed by atoms with Crippen molar-refractivity contribution in [2.75, 3.05) is 20.3 Å². The van der Waals surface area contributed by atoms with Gasteiger partial charge in [0.25, 0.3) is 5.56 Å². The van der Waals surface area contributed by atoms with Crippen molar-refractivity contribution in [3.05, 3.63) is 44.5 Å². The zero-order valence-electron chi connectivity index (χ0n) is 16.8. The Morgan fingerprint density at radius 3 is 2.62 bits per heavy atom. The van der Waals surface area contributed by atoms with E-state index in [1.54, 1.807) is 34.0 Å². The molecular weight excluding hydrogens is 403 g/mol. The Morgan fingerprint density at radius 2 is 1.97 bits per heavy atom. The standard InChI is InChI=1S/C16H25N6O6P/c1-5-26-29(25,27-6-2)14-7-13(28-20(14)4)22-10-12(18-19-22)9-21-8-11(3)15(23)17-16(21)24/h8,10,13-14H,5-7,9H2,1-4H3,(H,17,23,24)/t13-,14-/m1/s1. The molecule has 13 heteroatoms. The third-order valence-electron chi connectivity index (χ3n) is 4.48. The van der Waals surface area contributed by atoms with Gasteiger partial charge in [0.2, 0.25) is 0 Å². The maximum Gasteiger partial charge on any atom is 0.350 e. The van der Waals surface area contributed by atoms with Gasteiger partial charge in [-0.15, -0.1) is 5.10 Å². The summed E-state index contributed by atoms with van der Waals surface area (Å²) in [7, 11) is -1.72. The number of aryl methyl sites for hydroxylation is 1. The Hall–Kier alpha value is -2.11. The van der Waals surface area contributed by atoms with Gasteiger partial charge >= 0.3 is 13.3 Å². The van der Waals surface area contributed by atoms with Crippen LogP contribution in [0.15, 0.2) is 22.0 Å². The highest BCUT2D eigenvalue weighted by atomic mass is 31.2. The molecule has 2 aromatic rings. The van der Waals surface area contributed by atoms with Crippen molar-refractivity contribution >= 4 is 7.60 Å². The van der Waals surface area contributed by atoms with E-state index in [-0.39, 0.29) is 19.8 Å². The van der Waals surface area contributed by atoms with Crippen LogP contribution in [0.3, 0.4) is 0 Å². The highest BCUT2D eigenvalue weighted by Gasteiger charge is 2.46. The topological polar surface area (TPSA) is 134 Å². The molecule has 12 nitrogen and oxygen atoms in total. The van der Waals surface area contributed by atoms with Gasteiger partial charge in [-0.3, -0.25) is 23.7 Å². The molecule has 3 rings (SSSR count). The fourth-order valence-corrected chi connectivity index (χ4v) is 5.15. The first kappa shape index (κ1) is 21.6. The van der Waals surface area contributed by atoms with Crippen LogP contribution in [0.2, 0.25) is 0 Å². The van der Waals surface area contributed by atoms with Crippen LogP contribution in [0.5, 0.6) is 0 Å². The Morgan fingerprint density at radius 1 is 1.28 bits per heavy atom. The molecule has 0 saturated carbocycles. The summed E-state index contributed by atoms with van der Waals surface area (Å²) in [6, 6.07) is 0. The monoisotopic (exact) mass is 428 g/mol. The number of hydrogen-bond donors (Lipinski definition) is 1. The molecule has 1 aliphatic heterocycles. The van der Waals surface area contributed by atoms with Crippen LogP contribution >= 0.6 is 7.60 Å². The SMILES string of the molecule is CCOP(=O)(OCC)[C@@H]1C[C@H](n2cc(Cn3cc(C)c(=O)[nH]c3=O)nn2)ON1C. The summed E-state index contributed by atoms with van der Waals surface area (Å²) < 4.78 is 26.8. The maximum absolute atomic E-state index is 13.1. The molecule has 0 aliphatic carbocycles. The summed E-state index contributed by atoms with van der Waals surface area (Å²) in [6.07, 6.45) is 2.89. The van der Waals surface area contributed by atoms with Crippen molar-refractivity contribution in [3.63, 3.8) is 0 Å². The number of aromatic nitrogens is 5. The molecule has 1 N–H and O–H groups in total. The van der Waals surface area contributed by atoms with E-state index < -0.39 is 30.9 Å². The van der Waals surface area contributed by atoms with E-state index in [0.29, 0.717) is 17.7 Å². The van der Waals surface area contributed by atoms with E-state index in [1.165, 1.54) is 20.5 Å². The lowest BCUT2D eigenvalue weighted by Crippen LogP contribution is -2.31. The van der Waals surface area contributed by atoms with Gasteiger partial charge in [-0.2, -0.15) is 5.06 Å². The van der Waals surface area contributed by atoms with Crippen LogP contribution in [-0.2, 0) is 25.0 Å². The lowest BCUT2D eigenvalue weighted by Gasteiger charge is -2.25. The van der Waals surface area contributed by atoms with Gasteiger partial charge < -0.3 is 9.05 Å². The fraction of sp³-hybridized carbons (Fsp3) is 0.625. The minimum absolute atomic E-state index is 0.138. The molecule has 2 aromatic heterocycles. The van der Waals surface area contributed by atoms with Crippen LogP contribution in [0.25, 0.3) is 0 Å². The summed E-state index contributed by atoms with van der Waals surface area (Å²) >= 11 is 0. The highest BCUT2D eigenvalue weighted by molar-refractivity contribution is 7.54. The summed E-state index contributed by atoms with van der Waals surface area (Å²) in [6.45, 7) is 5.77. The first-order valence-electron chi connectivity index (χ1n) is 9.26. The van der Waals surface area contributed by atoms with Crippen LogP contribution in [0.4, 0.5) is 0 Å². The van der Waals surface area contributed by atoms with E-state index in [0.717, 1.165) is 0 Å². The normalized spacial score (nSPS) is 20.4. The van der Waals surface area contributed by atoms with Gasteiger partial charge in [0.15, 0.2) is 6.23 Å². The van der Waals surface area contributed by atoms with Gasteiger partial charge in [-0.05, 0) is 20.8 Å². The summed E-state index contributed by atoms with van der Waals surface area (Å²) in [5.74, 6) is -0.579. The molecule has 1 saturated heterocycles. The molecule has 0 unspecified atom stereocenters. The van der Waals surface area contributed by atoms with Crippen LogP contribution < -0.4 is 11.2 Å². The average Bonchev–Trinajstić information content (AvgIpc) is 3.27. The fourth-order valence-electron chi connectivity index (χ4n) is 3.12. The molecule has 0 aromatic carbocycles. The quantitative estimate of drug-likeness (QED) is 0.607. The highest BCUT2D eigenvalue weighted by Crippen LogP contribution is 2.58. The smallest absolute Gasteiger partial charge is 0.308 e. The van der Waals surface area contributed by atoms with Crippen LogP contribution in [-0.4, -0.2) is 55.7 Å². The zero-order chi connectivity index (χ0) is 21.2. The summed E-state index contributed by atoms with van der Waals surface area (Å²) in [4.78, 5) is 31.4. The Bertz CT molecular complexity index is 1010. The average molecular weight is 428 g/mol. The number of nitrogens with one attached hydrogen (secondary N) is 1. The Kier molecular flexibility index (Phi) is 6.49. The largest absolute Gasteiger partial charge is 0.350 e. The maximum atomic E-state index is 13.1. The van der Waals surface area contributed by atoms with Crippen LogP contribution in [0, 0.1) is 6.92 Å². The molecule has 3 heterocycles. The lowest BCUT2D eigenvalue weighted by molar-refractivity contribution is -0.162. The molecule has 29 heavy (non-hydrogen) atoms. The molecule has 160 valence electrons. The molecule has 2 atom stereocenters. The molecule has 0 amide bonds. The summed E-state index contributed by atoms with van der Waals surface area (Å²) in [5.41, 5.74) is -0.0213. The third-order valence-corrected chi connectivity index (χ3v) is 6.98. The van der Waals surface area contributed by atoms with Crippen molar-refractivity contribution in [2.24, 2.45) is 0 Å². The second-order valence-electron chi connectivity index (χ2n) is 6.59. The number of hydroxylamine groups is 2. The van der Waals surface area contributed by atoms with E-state index in [9.17, 15) is 14.2 Å². The Labute approximate surface area is 166 Å². The first-order chi connectivity index (χ1) is 13.8. The predicted octanol–water partition coefficient (Wildman–Crippen LogP) is 0.843. The molecule has 0 spiro atoms. The van der Waals surface area contributed by atoms with Gasteiger partial charge in [0.1, 0.15) is 11.5 Å². The van der Waals surface area contributed by atoms with E-state index in [4.69, 9.17) is 13.9 Å². The van der Waals surface area contributed by atoms with Crippen molar-refractivity contribution in [1.82, 2.24) is 29.6 Å². The van der Waals surface area contributed by atoms with E-state index in [1.807, 2.05) is 0 Å². The number of aromatic amines is 1. The lowest BCUT2D eigenvalue weighted by atomic mass is 10.3. The minimum Gasteiger partial charge on any atom is -0.308 e. The summed E-state index contributed by atoms with van der Waals surface area (Å²) in [5, 5.41) is 9.59. The molecule has 0 bridgehead atoms. The number of hydrogen-bond acceptors (Lipinski definition) is 9. The van der Waals surface area contributed by atoms with E-state index in [2.05, 4.69) is 15.3 Å². The number of rotatable bonds is 8. The van der Waals surface area contributed by atoms with Gasteiger partial charge in [-0.1, -0.05) is 5.21 Å². The van der Waals surface area contributed by atoms with Crippen molar-refractivity contribution in [1.29, 1.82) is 0 Å². The van der Waals surface area contributed by atoms with Crippen LogP contribution in [0.1, 0.15) is 37.8 Å². The van der Waals surface area contributed by atoms with Crippen molar-refractivity contribution in [3.8, 4) is 0 Å². The molecular formula is C16H25N6O6P. The molecule has 1 aliphatic rings.